The third-order valence-electron chi connectivity index (χ3n) is 2.63. The fourth-order valence-electron chi connectivity index (χ4n) is 1.74. The zero-order valence-corrected chi connectivity index (χ0v) is 13.8. The van der Waals surface area contributed by atoms with Gasteiger partial charge in [0.25, 0.3) is 0 Å². The summed E-state index contributed by atoms with van der Waals surface area (Å²) in [6, 6.07) is 5.89. The van der Waals surface area contributed by atoms with Crippen molar-refractivity contribution in [3.8, 4) is 5.75 Å². The number of guanidine groups is 1. The third-order valence-corrected chi connectivity index (χ3v) is 3.13. The molecule has 0 aromatic heterocycles. The highest BCUT2D eigenvalue weighted by molar-refractivity contribution is 9.10. The summed E-state index contributed by atoms with van der Waals surface area (Å²) in [5.41, 5.74) is 4.73. The summed E-state index contributed by atoms with van der Waals surface area (Å²) < 4.78 is 6.61. The Morgan fingerprint density at radius 2 is 2.35 bits per heavy atom. The van der Waals surface area contributed by atoms with Crippen LogP contribution in [0.4, 0.5) is 0 Å². The van der Waals surface area contributed by atoms with Crippen molar-refractivity contribution < 1.29 is 17.1 Å². The summed E-state index contributed by atoms with van der Waals surface area (Å²) in [5, 5.41) is 7.44. The lowest BCUT2D eigenvalue weighted by Gasteiger charge is -2.10. The van der Waals surface area contributed by atoms with Gasteiger partial charge in [0.1, 0.15) is 5.75 Å². The molecule has 110 valence electrons. The molecule has 1 aromatic carbocycles. The second-order valence-corrected chi connectivity index (χ2v) is 4.96. The summed E-state index contributed by atoms with van der Waals surface area (Å²) in [6.45, 7) is 6.18. The molecular weight excluding hydrogens is 344 g/mol. The molecule has 0 atom stereocenters. The molecule has 0 spiro atoms. The summed E-state index contributed by atoms with van der Waals surface area (Å²) >= 11 is 3.47. The molecule has 0 saturated heterocycles. The van der Waals surface area contributed by atoms with E-state index in [2.05, 4.69) is 36.8 Å². The zero-order valence-electron chi connectivity index (χ0n) is 11.4. The number of hydrogen-bond acceptors (Lipinski definition) is 5. The monoisotopic (exact) mass is 359 g/mol. The molecule has 20 heavy (non-hydrogen) atoms. The number of benzene rings is 1. The SMILES string of the molecule is CCOc1ccc(Br)cc1C(C)=NNC1=NCCN1.[Cl-]. The van der Waals surface area contributed by atoms with E-state index < -0.39 is 0 Å². The average molecular weight is 361 g/mol. The predicted molar refractivity (Wildman–Crippen MR) is 81.0 cm³/mol. The van der Waals surface area contributed by atoms with Crippen molar-refractivity contribution in [3.05, 3.63) is 28.2 Å². The highest BCUT2D eigenvalue weighted by Crippen LogP contribution is 2.23. The van der Waals surface area contributed by atoms with Gasteiger partial charge in [0, 0.05) is 16.6 Å². The Labute approximate surface area is 133 Å². The first-order valence-electron chi connectivity index (χ1n) is 6.22. The van der Waals surface area contributed by atoms with Gasteiger partial charge in [-0.3, -0.25) is 0 Å². The number of rotatable bonds is 4. The maximum atomic E-state index is 5.61. The maximum absolute atomic E-state index is 5.61. The van der Waals surface area contributed by atoms with Crippen LogP contribution in [0.15, 0.2) is 32.8 Å². The van der Waals surface area contributed by atoms with Gasteiger partial charge in [-0.25, -0.2) is 10.4 Å². The second-order valence-electron chi connectivity index (χ2n) is 4.04. The summed E-state index contributed by atoms with van der Waals surface area (Å²) in [4.78, 5) is 4.22. The Morgan fingerprint density at radius 3 is 3.00 bits per heavy atom. The predicted octanol–water partition coefficient (Wildman–Crippen LogP) is -0.875. The van der Waals surface area contributed by atoms with E-state index in [-0.39, 0.29) is 12.4 Å². The lowest BCUT2D eigenvalue weighted by Crippen LogP contribution is -3.00. The highest BCUT2D eigenvalue weighted by atomic mass is 79.9. The molecule has 5 nitrogen and oxygen atoms in total. The molecule has 0 fully saturated rings. The van der Waals surface area contributed by atoms with Gasteiger partial charge in [0.15, 0.2) is 0 Å². The average Bonchev–Trinajstić information content (AvgIpc) is 2.91. The molecule has 1 aliphatic rings. The second kappa shape index (κ2) is 8.11. The number of hydrazone groups is 1. The van der Waals surface area contributed by atoms with Crippen LogP contribution in [0, 0.1) is 0 Å². The summed E-state index contributed by atoms with van der Waals surface area (Å²) in [6.07, 6.45) is 0. The van der Waals surface area contributed by atoms with E-state index in [1.165, 1.54) is 0 Å². The van der Waals surface area contributed by atoms with Crippen molar-refractivity contribution in [2.24, 2.45) is 10.1 Å². The van der Waals surface area contributed by atoms with Crippen LogP contribution in [0.3, 0.4) is 0 Å². The summed E-state index contributed by atoms with van der Waals surface area (Å²) in [5.74, 6) is 1.54. The van der Waals surface area contributed by atoms with Gasteiger partial charge in [-0.1, -0.05) is 15.9 Å². The van der Waals surface area contributed by atoms with Gasteiger partial charge in [0.05, 0.1) is 18.9 Å². The van der Waals surface area contributed by atoms with Gasteiger partial charge in [0.2, 0.25) is 5.96 Å². The molecule has 0 radical (unpaired) electrons. The molecule has 2 rings (SSSR count). The number of ether oxygens (including phenoxy) is 1. The van der Waals surface area contributed by atoms with Gasteiger partial charge in [-0.2, -0.15) is 5.10 Å². The Hall–Kier alpha value is -1.27. The van der Waals surface area contributed by atoms with Crippen LogP contribution in [0.2, 0.25) is 0 Å². The molecule has 0 amide bonds. The molecule has 1 heterocycles. The van der Waals surface area contributed by atoms with Crippen molar-refractivity contribution >= 4 is 27.6 Å². The number of nitrogens with zero attached hydrogens (tertiary/aromatic N) is 2. The third kappa shape index (κ3) is 4.38. The first-order chi connectivity index (χ1) is 9.20. The largest absolute Gasteiger partial charge is 1.00 e. The Kier molecular flexibility index (Phi) is 6.81. The molecule has 2 N–H and O–H groups in total. The molecule has 7 heteroatoms. The van der Waals surface area contributed by atoms with Crippen molar-refractivity contribution in [1.82, 2.24) is 10.7 Å². The van der Waals surface area contributed by atoms with Gasteiger partial charge < -0.3 is 22.5 Å². The quantitative estimate of drug-likeness (QED) is 0.542. The molecular formula is C13H17BrClN4O-. The zero-order chi connectivity index (χ0) is 13.7. The molecule has 1 aromatic rings. The van der Waals surface area contributed by atoms with Crippen LogP contribution >= 0.6 is 15.9 Å². The van der Waals surface area contributed by atoms with Crippen molar-refractivity contribution in [2.75, 3.05) is 19.7 Å². The fourth-order valence-corrected chi connectivity index (χ4v) is 2.10. The van der Waals surface area contributed by atoms with E-state index in [4.69, 9.17) is 4.74 Å². The molecule has 1 aliphatic heterocycles. The standard InChI is InChI=1S/C13H17BrN4O.ClH/c1-3-19-12-5-4-10(14)8-11(12)9(2)17-18-13-15-6-7-16-13;/h4-5,8H,3,6-7H2,1-2H3,(H2,15,16,18);1H/p-1. The normalized spacial score (nSPS) is 14.2. The maximum Gasteiger partial charge on any atom is 0.212 e. The van der Waals surface area contributed by atoms with Gasteiger partial charge in [-0.15, -0.1) is 0 Å². The lowest BCUT2D eigenvalue weighted by molar-refractivity contribution is -0.00000457. The fraction of sp³-hybridized carbons (Fsp3) is 0.385. The summed E-state index contributed by atoms with van der Waals surface area (Å²) in [7, 11) is 0. The van der Waals surface area contributed by atoms with Crippen LogP contribution in [-0.4, -0.2) is 31.4 Å². The van der Waals surface area contributed by atoms with Crippen LogP contribution in [0.1, 0.15) is 19.4 Å². The molecule has 0 saturated carbocycles. The Morgan fingerprint density at radius 1 is 1.55 bits per heavy atom. The molecule has 0 bridgehead atoms. The van der Waals surface area contributed by atoms with E-state index in [1.807, 2.05) is 32.0 Å². The minimum atomic E-state index is 0. The minimum absolute atomic E-state index is 0. The van der Waals surface area contributed by atoms with Gasteiger partial charge in [-0.05, 0) is 32.0 Å². The van der Waals surface area contributed by atoms with Crippen LogP contribution < -0.4 is 27.9 Å². The van der Waals surface area contributed by atoms with E-state index in [1.54, 1.807) is 0 Å². The van der Waals surface area contributed by atoms with E-state index in [0.717, 1.165) is 34.6 Å². The smallest absolute Gasteiger partial charge is 0.212 e. The number of halogens is 2. The first kappa shape index (κ1) is 16.8. The van der Waals surface area contributed by atoms with E-state index in [0.29, 0.717) is 12.6 Å². The minimum Gasteiger partial charge on any atom is -1.00 e. The highest BCUT2D eigenvalue weighted by Gasteiger charge is 2.09. The molecule has 0 aliphatic carbocycles. The number of nitrogens with one attached hydrogen (secondary N) is 2. The first-order valence-corrected chi connectivity index (χ1v) is 7.01. The topological polar surface area (TPSA) is 58.0 Å². The van der Waals surface area contributed by atoms with Crippen LogP contribution in [0.5, 0.6) is 5.75 Å². The van der Waals surface area contributed by atoms with E-state index in [9.17, 15) is 0 Å². The molecule has 0 unspecified atom stereocenters. The van der Waals surface area contributed by atoms with Gasteiger partial charge >= 0.3 is 0 Å². The Bertz CT molecular complexity index is 519. The number of hydrogen-bond donors (Lipinski definition) is 2. The van der Waals surface area contributed by atoms with Crippen LogP contribution in [0.25, 0.3) is 0 Å². The van der Waals surface area contributed by atoms with Crippen LogP contribution in [-0.2, 0) is 0 Å². The van der Waals surface area contributed by atoms with Crippen molar-refractivity contribution in [1.29, 1.82) is 0 Å². The van der Waals surface area contributed by atoms with Crippen molar-refractivity contribution in [2.45, 2.75) is 13.8 Å². The van der Waals surface area contributed by atoms with E-state index >= 15 is 0 Å². The Balaban J connectivity index is 0.00000200. The number of aliphatic imine (C=N–C) groups is 1. The lowest BCUT2D eigenvalue weighted by atomic mass is 10.1. The van der Waals surface area contributed by atoms with Crippen molar-refractivity contribution in [3.63, 3.8) is 0 Å².